The molecular formula is C13H12ClN3O2. The summed E-state index contributed by atoms with van der Waals surface area (Å²) in [5.74, 6) is 0. The first-order chi connectivity index (χ1) is 9.18. The Bertz CT molecular complexity index is 651. The van der Waals surface area contributed by atoms with Crippen molar-refractivity contribution in [3.05, 3.63) is 50.8 Å². The Morgan fingerprint density at radius 1 is 1.26 bits per heavy atom. The van der Waals surface area contributed by atoms with Gasteiger partial charge in [0.2, 0.25) is 0 Å². The fourth-order valence-corrected chi connectivity index (χ4v) is 2.80. The van der Waals surface area contributed by atoms with Gasteiger partial charge in [-0.25, -0.2) is 4.68 Å². The standard InChI is InChI=1S/C13H12ClN3O2/c14-13-9-5-1-2-6-10(9)15-16(13)11-7-3-4-8-12(11)17(18)19/h3-4,7-8H,1-2,5-6H2. The first kappa shape index (κ1) is 12.2. The lowest BCUT2D eigenvalue weighted by atomic mass is 9.99. The van der Waals surface area contributed by atoms with E-state index in [0.29, 0.717) is 10.8 Å². The predicted octanol–water partition coefficient (Wildman–Crippen LogP) is 3.31. The zero-order valence-electron chi connectivity index (χ0n) is 10.2. The number of aryl methyl sites for hydroxylation is 1. The maximum absolute atomic E-state index is 11.1. The molecule has 0 fully saturated rings. The third kappa shape index (κ3) is 2.00. The van der Waals surface area contributed by atoms with Gasteiger partial charge in [0.25, 0.3) is 5.69 Å². The van der Waals surface area contributed by atoms with E-state index in [4.69, 9.17) is 11.6 Å². The number of aromatic nitrogens is 2. The lowest BCUT2D eigenvalue weighted by Crippen LogP contribution is -2.02. The number of rotatable bonds is 2. The van der Waals surface area contributed by atoms with E-state index >= 15 is 0 Å². The molecule has 0 bridgehead atoms. The number of halogens is 1. The molecule has 1 aliphatic carbocycles. The van der Waals surface area contributed by atoms with Crippen LogP contribution in [0.2, 0.25) is 5.15 Å². The zero-order valence-corrected chi connectivity index (χ0v) is 10.9. The van der Waals surface area contributed by atoms with E-state index in [1.165, 1.54) is 10.7 Å². The Balaban J connectivity index is 2.18. The maximum atomic E-state index is 11.1. The van der Waals surface area contributed by atoms with E-state index < -0.39 is 4.92 Å². The van der Waals surface area contributed by atoms with Crippen LogP contribution in [-0.2, 0) is 12.8 Å². The normalized spacial score (nSPS) is 14.2. The van der Waals surface area contributed by atoms with Gasteiger partial charge in [-0.2, -0.15) is 5.10 Å². The van der Waals surface area contributed by atoms with E-state index in [1.54, 1.807) is 18.2 Å². The van der Waals surface area contributed by atoms with Crippen molar-refractivity contribution >= 4 is 17.3 Å². The van der Waals surface area contributed by atoms with Crippen molar-refractivity contribution in [1.82, 2.24) is 9.78 Å². The highest BCUT2D eigenvalue weighted by atomic mass is 35.5. The molecule has 0 unspecified atom stereocenters. The molecule has 0 saturated carbocycles. The molecule has 0 N–H and O–H groups in total. The van der Waals surface area contributed by atoms with Gasteiger partial charge in [-0.05, 0) is 31.7 Å². The quantitative estimate of drug-likeness (QED) is 0.625. The van der Waals surface area contributed by atoms with Crippen LogP contribution in [0.25, 0.3) is 5.69 Å². The van der Waals surface area contributed by atoms with Gasteiger partial charge in [-0.3, -0.25) is 10.1 Å². The number of nitro groups is 1. The summed E-state index contributed by atoms with van der Waals surface area (Å²) in [5.41, 5.74) is 2.44. The molecule has 1 aromatic heterocycles. The van der Waals surface area contributed by atoms with Gasteiger partial charge in [0.05, 0.1) is 10.6 Å². The Kier molecular flexibility index (Phi) is 2.98. The number of fused-ring (bicyclic) bond motifs is 1. The maximum Gasteiger partial charge on any atom is 0.294 e. The average Bonchev–Trinajstić information content (AvgIpc) is 2.76. The van der Waals surface area contributed by atoms with Crippen LogP contribution in [0.15, 0.2) is 24.3 Å². The van der Waals surface area contributed by atoms with Gasteiger partial charge < -0.3 is 0 Å². The zero-order chi connectivity index (χ0) is 13.4. The molecule has 0 spiro atoms. The van der Waals surface area contributed by atoms with Gasteiger partial charge >= 0.3 is 0 Å². The predicted molar refractivity (Wildman–Crippen MR) is 71.9 cm³/mol. The van der Waals surface area contributed by atoms with Crippen LogP contribution < -0.4 is 0 Å². The lowest BCUT2D eigenvalue weighted by Gasteiger charge is -2.07. The van der Waals surface area contributed by atoms with E-state index in [2.05, 4.69) is 5.10 Å². The molecule has 0 saturated heterocycles. The fourth-order valence-electron chi connectivity index (χ4n) is 2.47. The second-order valence-electron chi connectivity index (χ2n) is 4.58. The van der Waals surface area contributed by atoms with Crippen LogP contribution in [-0.4, -0.2) is 14.7 Å². The summed E-state index contributed by atoms with van der Waals surface area (Å²) in [6.07, 6.45) is 3.98. The second kappa shape index (κ2) is 4.66. The summed E-state index contributed by atoms with van der Waals surface area (Å²) in [4.78, 5) is 10.7. The molecule has 1 aromatic carbocycles. The molecular weight excluding hydrogens is 266 g/mol. The Hall–Kier alpha value is -1.88. The van der Waals surface area contributed by atoms with Crippen molar-refractivity contribution in [3.8, 4) is 5.69 Å². The minimum Gasteiger partial charge on any atom is -0.258 e. The smallest absolute Gasteiger partial charge is 0.258 e. The number of benzene rings is 1. The molecule has 0 atom stereocenters. The van der Waals surface area contributed by atoms with Crippen molar-refractivity contribution in [2.24, 2.45) is 0 Å². The van der Waals surface area contributed by atoms with Crippen molar-refractivity contribution in [1.29, 1.82) is 0 Å². The van der Waals surface area contributed by atoms with Crippen molar-refractivity contribution in [2.75, 3.05) is 0 Å². The topological polar surface area (TPSA) is 61.0 Å². The van der Waals surface area contributed by atoms with Crippen molar-refractivity contribution in [2.45, 2.75) is 25.7 Å². The fraction of sp³-hybridized carbons (Fsp3) is 0.308. The van der Waals surface area contributed by atoms with Crippen LogP contribution in [0.1, 0.15) is 24.1 Å². The summed E-state index contributed by atoms with van der Waals surface area (Å²) in [6, 6.07) is 6.52. The first-order valence-electron chi connectivity index (χ1n) is 6.18. The highest BCUT2D eigenvalue weighted by Gasteiger charge is 2.23. The van der Waals surface area contributed by atoms with Crippen molar-refractivity contribution < 1.29 is 4.92 Å². The summed E-state index contributed by atoms with van der Waals surface area (Å²) in [5, 5.41) is 16.0. The van der Waals surface area contributed by atoms with Gasteiger partial charge in [-0.15, -0.1) is 0 Å². The molecule has 1 heterocycles. The summed E-state index contributed by atoms with van der Waals surface area (Å²) < 4.78 is 1.50. The number of nitrogens with zero attached hydrogens (tertiary/aromatic N) is 3. The molecule has 98 valence electrons. The van der Waals surface area contributed by atoms with Crippen LogP contribution in [0.3, 0.4) is 0 Å². The van der Waals surface area contributed by atoms with Crippen LogP contribution in [0, 0.1) is 10.1 Å². The average molecular weight is 278 g/mol. The van der Waals surface area contributed by atoms with Crippen molar-refractivity contribution in [3.63, 3.8) is 0 Å². The van der Waals surface area contributed by atoms with E-state index in [-0.39, 0.29) is 5.69 Å². The highest BCUT2D eigenvalue weighted by Crippen LogP contribution is 2.32. The van der Waals surface area contributed by atoms with Crippen LogP contribution >= 0.6 is 11.6 Å². The molecule has 0 amide bonds. The molecule has 0 radical (unpaired) electrons. The number of hydrogen-bond acceptors (Lipinski definition) is 3. The van der Waals surface area contributed by atoms with E-state index in [0.717, 1.165) is 36.9 Å². The SMILES string of the molecule is O=[N+]([O-])c1ccccc1-n1nc2c(c1Cl)CCCC2. The summed E-state index contributed by atoms with van der Waals surface area (Å²) in [7, 11) is 0. The van der Waals surface area contributed by atoms with Gasteiger partial charge in [0.1, 0.15) is 10.8 Å². The molecule has 6 heteroatoms. The Morgan fingerprint density at radius 2 is 2.00 bits per heavy atom. The van der Waals surface area contributed by atoms with Gasteiger partial charge in [0.15, 0.2) is 0 Å². The van der Waals surface area contributed by atoms with Gasteiger partial charge in [0, 0.05) is 11.6 Å². The molecule has 2 aromatic rings. The van der Waals surface area contributed by atoms with Crippen LogP contribution in [0.5, 0.6) is 0 Å². The van der Waals surface area contributed by atoms with E-state index in [9.17, 15) is 10.1 Å². The second-order valence-corrected chi connectivity index (χ2v) is 4.94. The molecule has 3 rings (SSSR count). The third-order valence-electron chi connectivity index (χ3n) is 3.40. The molecule has 1 aliphatic rings. The minimum atomic E-state index is -0.410. The Labute approximate surface area is 115 Å². The summed E-state index contributed by atoms with van der Waals surface area (Å²) in [6.45, 7) is 0. The van der Waals surface area contributed by atoms with E-state index in [1.807, 2.05) is 0 Å². The number of nitro benzene ring substituents is 1. The first-order valence-corrected chi connectivity index (χ1v) is 6.56. The molecule has 5 nitrogen and oxygen atoms in total. The Morgan fingerprint density at radius 3 is 2.74 bits per heavy atom. The van der Waals surface area contributed by atoms with Gasteiger partial charge in [-0.1, -0.05) is 23.7 Å². The monoisotopic (exact) mass is 277 g/mol. The number of hydrogen-bond donors (Lipinski definition) is 0. The number of para-hydroxylation sites is 2. The molecule has 0 aliphatic heterocycles. The largest absolute Gasteiger partial charge is 0.294 e. The minimum absolute atomic E-state index is 0.0178. The highest BCUT2D eigenvalue weighted by molar-refractivity contribution is 6.30. The third-order valence-corrected chi connectivity index (χ3v) is 3.79. The van der Waals surface area contributed by atoms with Crippen LogP contribution in [0.4, 0.5) is 5.69 Å². The summed E-state index contributed by atoms with van der Waals surface area (Å²) >= 11 is 6.33. The lowest BCUT2D eigenvalue weighted by molar-refractivity contribution is -0.384. The molecule has 19 heavy (non-hydrogen) atoms.